The second-order valence-electron chi connectivity index (χ2n) is 4.49. The van der Waals surface area contributed by atoms with Gasteiger partial charge < -0.3 is 5.73 Å². The number of pyridine rings is 1. The summed E-state index contributed by atoms with van der Waals surface area (Å²) in [6.45, 7) is 0. The van der Waals surface area contributed by atoms with Crippen molar-refractivity contribution in [3.05, 3.63) is 18.0 Å². The van der Waals surface area contributed by atoms with Gasteiger partial charge in [-0.15, -0.1) is 0 Å². The van der Waals surface area contributed by atoms with Crippen LogP contribution in [0.15, 0.2) is 17.2 Å². The Labute approximate surface area is 101 Å². The second kappa shape index (κ2) is 4.62. The minimum Gasteiger partial charge on any atom is -0.398 e. The van der Waals surface area contributed by atoms with Gasteiger partial charge >= 0.3 is 0 Å². The molecule has 0 aromatic carbocycles. The van der Waals surface area contributed by atoms with Crippen LogP contribution in [0.3, 0.4) is 0 Å². The van der Waals surface area contributed by atoms with Crippen molar-refractivity contribution in [1.82, 2.24) is 4.98 Å². The van der Waals surface area contributed by atoms with Crippen LogP contribution >= 0.6 is 0 Å². The van der Waals surface area contributed by atoms with Crippen molar-refractivity contribution >= 4 is 15.7 Å². The average molecular weight is 255 g/mol. The summed E-state index contributed by atoms with van der Waals surface area (Å²) in [7, 11) is -3.80. The number of aromatic nitrogens is 1. The highest BCUT2D eigenvalue weighted by molar-refractivity contribution is 7.89. The minimum absolute atomic E-state index is 0.0203. The number of anilines is 1. The van der Waals surface area contributed by atoms with Gasteiger partial charge in [-0.3, -0.25) is 4.98 Å². The molecular weight excluding hydrogens is 238 g/mol. The van der Waals surface area contributed by atoms with Gasteiger partial charge in [0.1, 0.15) is 4.90 Å². The van der Waals surface area contributed by atoms with Crippen molar-refractivity contribution < 1.29 is 8.42 Å². The van der Waals surface area contributed by atoms with E-state index in [1.54, 1.807) is 6.20 Å². The maximum absolute atomic E-state index is 11.6. The molecule has 6 heteroatoms. The lowest BCUT2D eigenvalue weighted by Gasteiger charge is -2.23. The van der Waals surface area contributed by atoms with Gasteiger partial charge in [-0.25, -0.2) is 13.6 Å². The molecule has 0 aliphatic heterocycles. The Bertz CT molecular complexity index is 507. The summed E-state index contributed by atoms with van der Waals surface area (Å²) < 4.78 is 23.1. The first-order valence-electron chi connectivity index (χ1n) is 5.77. The van der Waals surface area contributed by atoms with Gasteiger partial charge in [0.25, 0.3) is 0 Å². The molecule has 0 amide bonds. The van der Waals surface area contributed by atoms with Crippen LogP contribution in [0.25, 0.3) is 0 Å². The maximum atomic E-state index is 11.6. The van der Waals surface area contributed by atoms with E-state index in [-0.39, 0.29) is 16.5 Å². The number of primary sulfonamides is 1. The topological polar surface area (TPSA) is 99.1 Å². The molecule has 0 bridgehead atoms. The quantitative estimate of drug-likeness (QED) is 0.833. The molecule has 5 nitrogen and oxygen atoms in total. The number of nitrogen functional groups attached to an aromatic ring is 1. The van der Waals surface area contributed by atoms with Gasteiger partial charge in [0.05, 0.1) is 11.4 Å². The van der Waals surface area contributed by atoms with E-state index in [4.69, 9.17) is 10.9 Å². The molecule has 94 valence electrons. The minimum atomic E-state index is -3.80. The zero-order valence-electron chi connectivity index (χ0n) is 9.59. The summed E-state index contributed by atoms with van der Waals surface area (Å²) in [5.41, 5.74) is 6.46. The lowest BCUT2D eigenvalue weighted by Crippen LogP contribution is -2.20. The van der Waals surface area contributed by atoms with Crippen LogP contribution in [0, 0.1) is 0 Å². The fraction of sp³-hybridized carbons (Fsp3) is 0.545. The van der Waals surface area contributed by atoms with Crippen molar-refractivity contribution in [3.8, 4) is 0 Å². The molecule has 0 unspecified atom stereocenters. The molecule has 1 aromatic heterocycles. The van der Waals surface area contributed by atoms with Crippen molar-refractivity contribution in [2.45, 2.75) is 42.9 Å². The molecule has 1 saturated carbocycles. The largest absolute Gasteiger partial charge is 0.398 e. The first-order valence-corrected chi connectivity index (χ1v) is 7.32. The van der Waals surface area contributed by atoms with Crippen LogP contribution < -0.4 is 10.9 Å². The molecule has 0 spiro atoms. The number of hydrogen-bond donors (Lipinski definition) is 2. The Morgan fingerprint density at radius 2 is 1.88 bits per heavy atom. The van der Waals surface area contributed by atoms with Crippen LogP contribution in [-0.4, -0.2) is 13.4 Å². The van der Waals surface area contributed by atoms with E-state index >= 15 is 0 Å². The molecule has 1 aromatic rings. The zero-order chi connectivity index (χ0) is 12.5. The molecule has 1 aliphatic rings. The smallest absolute Gasteiger partial charge is 0.241 e. The van der Waals surface area contributed by atoms with Crippen LogP contribution in [0.4, 0.5) is 5.69 Å². The number of nitrogens with zero attached hydrogens (tertiary/aromatic N) is 1. The van der Waals surface area contributed by atoms with Gasteiger partial charge in [0, 0.05) is 12.1 Å². The van der Waals surface area contributed by atoms with Crippen molar-refractivity contribution in [1.29, 1.82) is 0 Å². The van der Waals surface area contributed by atoms with E-state index < -0.39 is 10.0 Å². The highest BCUT2D eigenvalue weighted by Crippen LogP contribution is 2.35. The molecule has 0 radical (unpaired) electrons. The summed E-state index contributed by atoms with van der Waals surface area (Å²) >= 11 is 0. The molecule has 0 atom stereocenters. The van der Waals surface area contributed by atoms with E-state index in [1.165, 1.54) is 12.5 Å². The Morgan fingerprint density at radius 3 is 2.47 bits per heavy atom. The monoisotopic (exact) mass is 255 g/mol. The predicted octanol–water partition coefficient (Wildman–Crippen LogP) is 1.36. The summed E-state index contributed by atoms with van der Waals surface area (Å²) in [5.74, 6) is 0.167. The second-order valence-corrected chi connectivity index (χ2v) is 5.99. The maximum Gasteiger partial charge on any atom is 0.241 e. The SMILES string of the molecule is Nc1ccnc(C2CCCCC2)c1S(N)(=O)=O. The highest BCUT2D eigenvalue weighted by atomic mass is 32.2. The summed E-state index contributed by atoms with van der Waals surface area (Å²) in [5, 5.41) is 5.22. The van der Waals surface area contributed by atoms with E-state index in [0.29, 0.717) is 5.69 Å². The molecular formula is C11H17N3O2S. The summed E-state index contributed by atoms with van der Waals surface area (Å²) in [6.07, 6.45) is 6.87. The summed E-state index contributed by atoms with van der Waals surface area (Å²) in [4.78, 5) is 4.21. The number of nitrogens with two attached hydrogens (primary N) is 2. The van der Waals surface area contributed by atoms with Gasteiger partial charge in [0.2, 0.25) is 10.0 Å². The van der Waals surface area contributed by atoms with E-state index in [9.17, 15) is 8.42 Å². The third kappa shape index (κ3) is 2.58. The van der Waals surface area contributed by atoms with Crippen LogP contribution in [-0.2, 0) is 10.0 Å². The van der Waals surface area contributed by atoms with Crippen LogP contribution in [0.5, 0.6) is 0 Å². The molecule has 17 heavy (non-hydrogen) atoms. The Morgan fingerprint density at radius 1 is 1.24 bits per heavy atom. The Kier molecular flexibility index (Phi) is 3.35. The third-order valence-electron chi connectivity index (χ3n) is 3.24. The van der Waals surface area contributed by atoms with E-state index in [0.717, 1.165) is 25.7 Å². The fourth-order valence-corrected chi connectivity index (χ4v) is 3.36. The van der Waals surface area contributed by atoms with Crippen molar-refractivity contribution in [3.63, 3.8) is 0 Å². The number of sulfonamides is 1. The highest BCUT2D eigenvalue weighted by Gasteiger charge is 2.26. The lowest BCUT2D eigenvalue weighted by molar-refractivity contribution is 0.431. The molecule has 0 saturated heterocycles. The van der Waals surface area contributed by atoms with Crippen molar-refractivity contribution in [2.75, 3.05) is 5.73 Å². The lowest BCUT2D eigenvalue weighted by atomic mass is 9.86. The standard InChI is InChI=1S/C11H17N3O2S/c12-9-6-7-14-10(11(9)17(13,15)16)8-4-2-1-3-5-8/h6-8H,1-5H2,(H2,12,14)(H2,13,15,16). The van der Waals surface area contributed by atoms with Crippen LogP contribution in [0.1, 0.15) is 43.7 Å². The van der Waals surface area contributed by atoms with Gasteiger partial charge in [0.15, 0.2) is 0 Å². The normalized spacial score (nSPS) is 18.2. The molecule has 4 N–H and O–H groups in total. The van der Waals surface area contributed by atoms with Crippen LogP contribution in [0.2, 0.25) is 0 Å². The molecule has 1 heterocycles. The number of hydrogen-bond acceptors (Lipinski definition) is 4. The zero-order valence-corrected chi connectivity index (χ0v) is 10.4. The molecule has 1 fully saturated rings. The van der Waals surface area contributed by atoms with Gasteiger partial charge in [-0.05, 0) is 18.9 Å². The first kappa shape index (κ1) is 12.3. The predicted molar refractivity (Wildman–Crippen MR) is 65.8 cm³/mol. The van der Waals surface area contributed by atoms with Crippen molar-refractivity contribution in [2.24, 2.45) is 5.14 Å². The Hall–Kier alpha value is -1.14. The average Bonchev–Trinajstić information content (AvgIpc) is 2.28. The van der Waals surface area contributed by atoms with Gasteiger partial charge in [-0.1, -0.05) is 19.3 Å². The molecule has 1 aliphatic carbocycles. The Balaban J connectivity index is 2.49. The molecule has 2 rings (SSSR count). The summed E-state index contributed by atoms with van der Waals surface area (Å²) in [6, 6.07) is 1.48. The fourth-order valence-electron chi connectivity index (χ4n) is 2.46. The van der Waals surface area contributed by atoms with Gasteiger partial charge in [-0.2, -0.15) is 0 Å². The first-order chi connectivity index (χ1) is 8.00. The van der Waals surface area contributed by atoms with E-state index in [2.05, 4.69) is 4.98 Å². The third-order valence-corrected chi connectivity index (χ3v) is 4.25. The number of rotatable bonds is 2. The van der Waals surface area contributed by atoms with E-state index in [1.807, 2.05) is 0 Å².